The highest BCUT2D eigenvalue weighted by molar-refractivity contribution is 8.93. The number of hydrogen-bond donors (Lipinski definition) is 2. The van der Waals surface area contributed by atoms with Gasteiger partial charge in [-0.2, -0.15) is 0 Å². The molecule has 0 unspecified atom stereocenters. The molecule has 0 saturated carbocycles. The fraction of sp³-hybridized carbons (Fsp3) is 0.538. The molecule has 94 valence electrons. The number of halogens is 1. The predicted octanol–water partition coefficient (Wildman–Crippen LogP) is 2.15. The van der Waals surface area contributed by atoms with Crippen molar-refractivity contribution in [2.45, 2.75) is 32.2 Å². The second-order valence-electron chi connectivity index (χ2n) is 4.95. The van der Waals surface area contributed by atoms with Crippen LogP contribution in [0.15, 0.2) is 0 Å². The number of nitrogens with zero attached hydrogens (tertiary/aromatic N) is 1. The first-order valence-electron chi connectivity index (χ1n) is 5.94. The first-order chi connectivity index (χ1) is 7.68. The minimum absolute atomic E-state index is 0. The van der Waals surface area contributed by atoms with Crippen molar-refractivity contribution >= 4 is 17.0 Å². The quantitative estimate of drug-likeness (QED) is 0.722. The van der Waals surface area contributed by atoms with Gasteiger partial charge in [-0.05, 0) is 43.9 Å². The van der Waals surface area contributed by atoms with Crippen molar-refractivity contribution in [1.29, 1.82) is 0 Å². The van der Waals surface area contributed by atoms with Crippen LogP contribution >= 0.6 is 17.0 Å². The molecule has 0 fully saturated rings. The number of benzene rings is 1. The molecule has 0 amide bonds. The molecular formula is C13H18BrNO2. The summed E-state index contributed by atoms with van der Waals surface area (Å²) in [6.45, 7) is 1.80. The van der Waals surface area contributed by atoms with E-state index in [4.69, 9.17) is 0 Å². The van der Waals surface area contributed by atoms with Crippen molar-refractivity contribution in [2.75, 3.05) is 13.6 Å². The summed E-state index contributed by atoms with van der Waals surface area (Å²) in [4.78, 5) is 2.18. The van der Waals surface area contributed by atoms with Gasteiger partial charge in [-0.1, -0.05) is 0 Å². The minimum atomic E-state index is 0. The Labute approximate surface area is 112 Å². The molecule has 2 N–H and O–H groups in total. The normalized spacial score (nSPS) is 18.4. The van der Waals surface area contributed by atoms with E-state index in [9.17, 15) is 10.2 Å². The number of rotatable bonds is 0. The zero-order chi connectivity index (χ0) is 11.3. The van der Waals surface area contributed by atoms with E-state index in [-0.39, 0.29) is 28.5 Å². The first kappa shape index (κ1) is 12.7. The fourth-order valence-corrected chi connectivity index (χ4v) is 3.07. The number of phenols is 2. The molecule has 1 aliphatic heterocycles. The topological polar surface area (TPSA) is 43.7 Å². The number of aromatic hydroxyl groups is 2. The summed E-state index contributed by atoms with van der Waals surface area (Å²) >= 11 is 0. The van der Waals surface area contributed by atoms with Crippen LogP contribution in [-0.4, -0.2) is 28.7 Å². The molecule has 4 heteroatoms. The molecule has 0 aromatic heterocycles. The summed E-state index contributed by atoms with van der Waals surface area (Å²) < 4.78 is 0. The highest BCUT2D eigenvalue weighted by Gasteiger charge is 2.28. The zero-order valence-electron chi connectivity index (χ0n) is 9.99. The monoisotopic (exact) mass is 299 g/mol. The first-order valence-corrected chi connectivity index (χ1v) is 5.94. The third kappa shape index (κ3) is 1.83. The molecule has 1 heterocycles. The van der Waals surface area contributed by atoms with E-state index in [2.05, 4.69) is 4.90 Å². The summed E-state index contributed by atoms with van der Waals surface area (Å²) in [5.74, 6) is 0.267. The minimum Gasteiger partial charge on any atom is -0.504 e. The number of phenolic OH excluding ortho intramolecular Hbond substituents is 2. The van der Waals surface area contributed by atoms with Crippen LogP contribution in [-0.2, 0) is 25.8 Å². The Bertz CT molecular complexity index is 459. The van der Waals surface area contributed by atoms with Gasteiger partial charge < -0.3 is 15.1 Å². The lowest BCUT2D eigenvalue weighted by Gasteiger charge is -2.28. The van der Waals surface area contributed by atoms with Crippen molar-refractivity contribution in [3.05, 3.63) is 22.3 Å². The molecule has 0 bridgehead atoms. The third-order valence-corrected chi connectivity index (χ3v) is 3.91. The van der Waals surface area contributed by atoms with E-state index < -0.39 is 0 Å². The summed E-state index contributed by atoms with van der Waals surface area (Å²) in [6.07, 6.45) is 4.09. The van der Waals surface area contributed by atoms with Gasteiger partial charge in [-0.25, -0.2) is 0 Å². The van der Waals surface area contributed by atoms with Crippen LogP contribution in [0.3, 0.4) is 0 Å². The molecule has 0 atom stereocenters. The molecule has 1 aliphatic carbocycles. The van der Waals surface area contributed by atoms with Gasteiger partial charge in [0.1, 0.15) is 0 Å². The molecule has 0 spiro atoms. The molecule has 3 rings (SSSR count). The van der Waals surface area contributed by atoms with Gasteiger partial charge in [0.15, 0.2) is 11.5 Å². The average Bonchev–Trinajstić information content (AvgIpc) is 2.75. The fourth-order valence-electron chi connectivity index (χ4n) is 3.07. The van der Waals surface area contributed by atoms with E-state index in [1.165, 1.54) is 11.1 Å². The maximum atomic E-state index is 10.0. The Kier molecular flexibility index (Phi) is 3.36. The van der Waals surface area contributed by atoms with Crippen LogP contribution < -0.4 is 0 Å². The molecule has 1 aromatic rings. The summed E-state index contributed by atoms with van der Waals surface area (Å²) in [5.41, 5.74) is 4.58. The Morgan fingerprint density at radius 3 is 2.24 bits per heavy atom. The summed E-state index contributed by atoms with van der Waals surface area (Å²) in [6, 6.07) is 0. The molecular weight excluding hydrogens is 282 g/mol. The van der Waals surface area contributed by atoms with E-state index in [1.54, 1.807) is 0 Å². The van der Waals surface area contributed by atoms with Crippen LogP contribution in [0.1, 0.15) is 28.7 Å². The Morgan fingerprint density at radius 2 is 1.47 bits per heavy atom. The van der Waals surface area contributed by atoms with Gasteiger partial charge in [-0.3, -0.25) is 0 Å². The second-order valence-corrected chi connectivity index (χ2v) is 4.95. The molecule has 3 nitrogen and oxygen atoms in total. The lowest BCUT2D eigenvalue weighted by Crippen LogP contribution is -2.27. The third-order valence-electron chi connectivity index (χ3n) is 3.91. The van der Waals surface area contributed by atoms with Gasteiger partial charge in [0.25, 0.3) is 0 Å². The van der Waals surface area contributed by atoms with E-state index in [0.717, 1.165) is 49.9 Å². The number of likely N-dealkylation sites (N-methyl/N-ethyl adjacent to an activating group) is 1. The summed E-state index contributed by atoms with van der Waals surface area (Å²) in [7, 11) is 2.05. The zero-order valence-corrected chi connectivity index (χ0v) is 11.7. The highest BCUT2D eigenvalue weighted by Crippen LogP contribution is 2.44. The number of fused-ring (bicyclic) bond motifs is 3. The lowest BCUT2D eigenvalue weighted by molar-refractivity contribution is 0.299. The average molecular weight is 300 g/mol. The SMILES string of the molecule is Br.CN1CCc2c(c(O)c(O)c3c2CCC3)C1. The molecule has 0 saturated heterocycles. The smallest absolute Gasteiger partial charge is 0.162 e. The molecule has 1 aromatic carbocycles. The summed E-state index contributed by atoms with van der Waals surface area (Å²) in [5, 5.41) is 20.0. The van der Waals surface area contributed by atoms with Gasteiger partial charge in [-0.15, -0.1) is 17.0 Å². The van der Waals surface area contributed by atoms with Crippen LogP contribution in [0, 0.1) is 0 Å². The highest BCUT2D eigenvalue weighted by atomic mass is 79.9. The standard InChI is InChI=1S/C13H17NO2.BrH/c1-14-6-5-9-8-3-2-4-10(8)12(15)13(16)11(9)7-14;/h15-16H,2-7H2,1H3;1H. The van der Waals surface area contributed by atoms with Crippen LogP contribution in [0.5, 0.6) is 11.5 Å². The Morgan fingerprint density at radius 1 is 0.882 bits per heavy atom. The molecule has 2 aliphatic rings. The molecule has 0 radical (unpaired) electrons. The van der Waals surface area contributed by atoms with Crippen molar-refractivity contribution in [2.24, 2.45) is 0 Å². The maximum absolute atomic E-state index is 10.0. The largest absolute Gasteiger partial charge is 0.504 e. The predicted molar refractivity (Wildman–Crippen MR) is 72.2 cm³/mol. The van der Waals surface area contributed by atoms with E-state index >= 15 is 0 Å². The van der Waals surface area contributed by atoms with Crippen LogP contribution in [0.2, 0.25) is 0 Å². The maximum Gasteiger partial charge on any atom is 0.162 e. The van der Waals surface area contributed by atoms with Gasteiger partial charge in [0.2, 0.25) is 0 Å². The second kappa shape index (κ2) is 4.50. The van der Waals surface area contributed by atoms with Crippen LogP contribution in [0.4, 0.5) is 0 Å². The van der Waals surface area contributed by atoms with Crippen molar-refractivity contribution in [3.8, 4) is 11.5 Å². The Balaban J connectivity index is 0.00000108. The van der Waals surface area contributed by atoms with Gasteiger partial charge in [0, 0.05) is 24.2 Å². The molecule has 17 heavy (non-hydrogen) atoms. The lowest BCUT2D eigenvalue weighted by atomic mass is 9.90. The van der Waals surface area contributed by atoms with Gasteiger partial charge >= 0.3 is 0 Å². The van der Waals surface area contributed by atoms with E-state index in [0.29, 0.717) is 0 Å². The van der Waals surface area contributed by atoms with Gasteiger partial charge in [0.05, 0.1) is 0 Å². The van der Waals surface area contributed by atoms with Crippen molar-refractivity contribution < 1.29 is 10.2 Å². The van der Waals surface area contributed by atoms with Crippen molar-refractivity contribution in [3.63, 3.8) is 0 Å². The number of hydrogen-bond acceptors (Lipinski definition) is 3. The van der Waals surface area contributed by atoms with Crippen LogP contribution in [0.25, 0.3) is 0 Å². The van der Waals surface area contributed by atoms with Crippen molar-refractivity contribution in [1.82, 2.24) is 4.90 Å². The Hall–Kier alpha value is -0.740. The van der Waals surface area contributed by atoms with E-state index in [1.807, 2.05) is 7.05 Å².